The Hall–Kier alpha value is -3.21. The van der Waals surface area contributed by atoms with E-state index in [2.05, 4.69) is 13.8 Å². The van der Waals surface area contributed by atoms with E-state index in [4.69, 9.17) is 4.74 Å². The average molecular weight is 465 g/mol. The van der Waals surface area contributed by atoms with Crippen LogP contribution in [-0.4, -0.2) is 17.0 Å². The predicted octanol–water partition coefficient (Wildman–Crippen LogP) is 7.17. The summed E-state index contributed by atoms with van der Waals surface area (Å²) >= 11 is 0. The Bertz CT molecular complexity index is 1110. The number of hydrogen-bond acceptors (Lipinski definition) is 3. The molecule has 180 valence electrons. The van der Waals surface area contributed by atoms with Gasteiger partial charge in [0.05, 0.1) is 11.1 Å². The molecule has 0 fully saturated rings. The zero-order chi connectivity index (χ0) is 24.9. The Kier molecular flexibility index (Phi) is 8.08. The van der Waals surface area contributed by atoms with E-state index in [1.54, 1.807) is 37.3 Å². The molecule has 0 aliphatic heterocycles. The van der Waals surface area contributed by atoms with E-state index in [9.17, 15) is 19.1 Å². The number of carboxylic acid groups (broad SMARTS) is 1. The van der Waals surface area contributed by atoms with Crippen LogP contribution in [0.3, 0.4) is 0 Å². The minimum atomic E-state index is -0.891. The number of carbonyl (C=O) groups excluding carboxylic acids is 1. The molecule has 0 aromatic heterocycles. The van der Waals surface area contributed by atoms with Crippen molar-refractivity contribution in [2.45, 2.75) is 65.2 Å². The van der Waals surface area contributed by atoms with Gasteiger partial charge in [-0.2, -0.15) is 0 Å². The maximum Gasteiger partial charge on any atom is 0.343 e. The first-order valence-corrected chi connectivity index (χ1v) is 11.9. The van der Waals surface area contributed by atoms with Gasteiger partial charge in [0.15, 0.2) is 0 Å². The average Bonchev–Trinajstić information content (AvgIpc) is 2.83. The number of hydrogen-bond donors (Lipinski definition) is 1. The number of rotatable bonds is 9. The number of esters is 1. The molecule has 0 spiro atoms. The fraction of sp³-hybridized carbons (Fsp3) is 0.379. The third-order valence-corrected chi connectivity index (χ3v) is 6.97. The summed E-state index contributed by atoms with van der Waals surface area (Å²) in [7, 11) is 0. The summed E-state index contributed by atoms with van der Waals surface area (Å²) in [5.74, 6) is -1.28. The van der Waals surface area contributed by atoms with Gasteiger partial charge in [-0.05, 0) is 67.5 Å². The topological polar surface area (TPSA) is 63.6 Å². The van der Waals surface area contributed by atoms with Gasteiger partial charge in [0.25, 0.3) is 0 Å². The van der Waals surface area contributed by atoms with Crippen molar-refractivity contribution in [3.05, 3.63) is 88.3 Å². The molecule has 1 N–H and O–H groups in total. The summed E-state index contributed by atoms with van der Waals surface area (Å²) in [5, 5.41) is 9.63. The van der Waals surface area contributed by atoms with Crippen LogP contribution in [0.2, 0.25) is 0 Å². The highest BCUT2D eigenvalue weighted by Gasteiger charge is 2.39. The van der Waals surface area contributed by atoms with E-state index < -0.39 is 17.8 Å². The van der Waals surface area contributed by atoms with Gasteiger partial charge in [-0.3, -0.25) is 0 Å². The molecule has 0 heterocycles. The number of aliphatic carboxylic acids is 1. The molecule has 0 amide bonds. The van der Waals surface area contributed by atoms with E-state index in [0.29, 0.717) is 35.6 Å². The first kappa shape index (κ1) is 25.4. The maximum atomic E-state index is 13.8. The van der Waals surface area contributed by atoms with E-state index in [1.165, 1.54) is 6.07 Å². The third kappa shape index (κ3) is 5.30. The maximum absolute atomic E-state index is 13.8. The quantitative estimate of drug-likeness (QED) is 0.316. The van der Waals surface area contributed by atoms with Gasteiger partial charge in [0.2, 0.25) is 0 Å². The van der Waals surface area contributed by atoms with Gasteiger partial charge in [-0.15, -0.1) is 0 Å². The molecule has 4 nitrogen and oxygen atoms in total. The molecule has 5 heteroatoms. The Labute approximate surface area is 201 Å². The number of benzene rings is 2. The highest BCUT2D eigenvalue weighted by Crippen LogP contribution is 2.46. The summed E-state index contributed by atoms with van der Waals surface area (Å²) in [5.41, 5.74) is 2.68. The zero-order valence-corrected chi connectivity index (χ0v) is 20.4. The molecule has 1 aliphatic carbocycles. The molecule has 0 bridgehead atoms. The van der Waals surface area contributed by atoms with Crippen molar-refractivity contribution in [1.29, 1.82) is 0 Å². The smallest absolute Gasteiger partial charge is 0.343 e. The monoisotopic (exact) mass is 464 g/mol. The summed E-state index contributed by atoms with van der Waals surface area (Å²) in [4.78, 5) is 24.2. The lowest BCUT2D eigenvalue weighted by Gasteiger charge is -2.41. The molecule has 34 heavy (non-hydrogen) atoms. The van der Waals surface area contributed by atoms with Crippen molar-refractivity contribution >= 4 is 11.9 Å². The van der Waals surface area contributed by atoms with Crippen LogP contribution < -0.4 is 4.74 Å². The highest BCUT2D eigenvalue weighted by atomic mass is 19.1. The molecule has 2 aromatic carbocycles. The first-order valence-electron chi connectivity index (χ1n) is 11.9. The number of allylic oxidation sites excluding steroid dienone is 2. The van der Waals surface area contributed by atoms with Crippen molar-refractivity contribution in [1.82, 2.24) is 0 Å². The Balaban J connectivity index is 1.89. The molecule has 0 saturated heterocycles. The number of carboxylic acids is 1. The van der Waals surface area contributed by atoms with Gasteiger partial charge < -0.3 is 9.84 Å². The number of ether oxygens (including phenoxy) is 1. The van der Waals surface area contributed by atoms with E-state index in [-0.39, 0.29) is 11.0 Å². The van der Waals surface area contributed by atoms with Crippen molar-refractivity contribution in [3.8, 4) is 5.75 Å². The Morgan fingerprint density at radius 2 is 1.85 bits per heavy atom. The number of unbranched alkanes of at least 4 members (excludes halogenated alkanes) is 1. The van der Waals surface area contributed by atoms with E-state index in [0.717, 1.165) is 30.4 Å². The number of aryl methyl sites for hydroxylation is 1. The van der Waals surface area contributed by atoms with Gasteiger partial charge in [-0.25, -0.2) is 14.0 Å². The van der Waals surface area contributed by atoms with Crippen LogP contribution in [0.5, 0.6) is 5.75 Å². The summed E-state index contributed by atoms with van der Waals surface area (Å²) in [6.45, 7) is 8.02. The molecule has 1 unspecified atom stereocenters. The molecule has 0 radical (unpaired) electrons. The largest absolute Gasteiger partial charge is 0.478 e. The SMILES string of the molecule is CCCCC(C)[C@@]1(c2ccc(OC(=O)c3ccc(C)c(F)c3)cc2)C=CC(C(=O)O)=C(CC)C1. The van der Waals surface area contributed by atoms with Crippen LogP contribution in [0.25, 0.3) is 0 Å². The molecule has 1 aliphatic rings. The lowest BCUT2D eigenvalue weighted by atomic mass is 9.63. The molecule has 3 rings (SSSR count). The highest BCUT2D eigenvalue weighted by molar-refractivity contribution is 5.92. The van der Waals surface area contributed by atoms with Crippen LogP contribution >= 0.6 is 0 Å². The number of halogens is 1. The van der Waals surface area contributed by atoms with Gasteiger partial charge >= 0.3 is 11.9 Å². The third-order valence-electron chi connectivity index (χ3n) is 6.97. The molecule has 2 aromatic rings. The normalized spacial score (nSPS) is 18.6. The summed E-state index contributed by atoms with van der Waals surface area (Å²) < 4.78 is 19.3. The van der Waals surface area contributed by atoms with Crippen molar-refractivity contribution < 1.29 is 23.8 Å². The molecule has 0 saturated carbocycles. The fourth-order valence-electron chi connectivity index (χ4n) is 4.70. The van der Waals surface area contributed by atoms with Gasteiger partial charge in [0.1, 0.15) is 11.6 Å². The number of carbonyl (C=O) groups is 2. The zero-order valence-electron chi connectivity index (χ0n) is 20.4. The lowest BCUT2D eigenvalue weighted by molar-refractivity contribution is -0.132. The van der Waals surface area contributed by atoms with E-state index >= 15 is 0 Å². The minimum absolute atomic E-state index is 0.158. The van der Waals surface area contributed by atoms with Crippen LogP contribution in [0.4, 0.5) is 4.39 Å². The van der Waals surface area contributed by atoms with Crippen LogP contribution in [0.1, 0.15) is 74.4 Å². The van der Waals surface area contributed by atoms with Crippen molar-refractivity contribution in [2.75, 3.05) is 0 Å². The molecule has 2 atom stereocenters. The second-order valence-electron chi connectivity index (χ2n) is 9.15. The van der Waals surface area contributed by atoms with Crippen LogP contribution in [0, 0.1) is 18.7 Å². The second kappa shape index (κ2) is 10.8. The lowest BCUT2D eigenvalue weighted by Crippen LogP contribution is -2.35. The van der Waals surface area contributed by atoms with Gasteiger partial charge in [0, 0.05) is 5.41 Å². The van der Waals surface area contributed by atoms with Gasteiger partial charge in [-0.1, -0.05) is 69.5 Å². The van der Waals surface area contributed by atoms with Crippen LogP contribution in [-0.2, 0) is 10.2 Å². The Morgan fingerprint density at radius 3 is 2.44 bits per heavy atom. The summed E-state index contributed by atoms with van der Waals surface area (Å²) in [6, 6.07) is 11.7. The first-order chi connectivity index (χ1) is 16.2. The van der Waals surface area contributed by atoms with Crippen molar-refractivity contribution in [3.63, 3.8) is 0 Å². The second-order valence-corrected chi connectivity index (χ2v) is 9.15. The van der Waals surface area contributed by atoms with Crippen molar-refractivity contribution in [2.24, 2.45) is 5.92 Å². The fourth-order valence-corrected chi connectivity index (χ4v) is 4.70. The standard InChI is InChI=1S/C29H33FO4/c1-5-7-8-20(4)29(16-15-25(27(31)32)21(6-2)18-29)23-11-13-24(14-12-23)34-28(33)22-10-9-19(3)26(30)17-22/h9-17,20H,5-8,18H2,1-4H3,(H,31,32)/t20?,29-/m1/s1. The minimum Gasteiger partial charge on any atom is -0.478 e. The molecular formula is C29H33FO4. The van der Waals surface area contributed by atoms with Crippen LogP contribution in [0.15, 0.2) is 65.8 Å². The van der Waals surface area contributed by atoms with E-state index in [1.807, 2.05) is 25.1 Å². The molecular weight excluding hydrogens is 431 g/mol. The summed E-state index contributed by atoms with van der Waals surface area (Å²) in [6.07, 6.45) is 8.34. The Morgan fingerprint density at radius 1 is 1.15 bits per heavy atom. The predicted molar refractivity (Wildman–Crippen MR) is 132 cm³/mol.